The third-order valence-electron chi connectivity index (χ3n) is 7.83. The quantitative estimate of drug-likeness (QED) is 0.0998. The van der Waals surface area contributed by atoms with Gasteiger partial charge in [-0.05, 0) is 55.9 Å². The Bertz CT molecular complexity index is 1620. The van der Waals surface area contributed by atoms with Crippen molar-refractivity contribution in [1.82, 2.24) is 30.5 Å². The number of aromatic nitrogens is 1. The van der Waals surface area contributed by atoms with E-state index in [0.717, 1.165) is 27.6 Å². The molecule has 1 spiro atoms. The average Bonchev–Trinajstić information content (AvgIpc) is 3.45. The Labute approximate surface area is 257 Å². The van der Waals surface area contributed by atoms with Gasteiger partial charge in [0.25, 0.3) is 5.91 Å². The molecule has 2 aromatic rings. The van der Waals surface area contributed by atoms with E-state index in [-0.39, 0.29) is 28.7 Å². The summed E-state index contributed by atoms with van der Waals surface area (Å²) in [5, 5.41) is 24.4. The Morgan fingerprint density at radius 3 is 2.64 bits per heavy atom. The number of rotatable bonds is 6. The summed E-state index contributed by atoms with van der Waals surface area (Å²) in [5.74, 6) is 22.1. The fourth-order valence-corrected chi connectivity index (χ4v) is 5.97. The number of carbonyl (C=O) groups is 2. The van der Waals surface area contributed by atoms with E-state index in [1.165, 1.54) is 5.01 Å². The molecule has 5 rings (SSSR count). The highest BCUT2D eigenvalue weighted by molar-refractivity contribution is 6.45. The van der Waals surface area contributed by atoms with E-state index in [1.54, 1.807) is 9.58 Å². The molecule has 0 bridgehead atoms. The van der Waals surface area contributed by atoms with E-state index in [2.05, 4.69) is 60.7 Å². The number of aryl methyl sites for hydroxylation is 2. The second-order valence-corrected chi connectivity index (χ2v) is 11.2. The fourth-order valence-electron chi connectivity index (χ4n) is 5.78. The Hall–Kier alpha value is -4.97. The number of hydrazine groups is 1. The average molecular weight is 627 g/mol. The monoisotopic (exact) mass is 626 g/mol. The molecule has 1 atom stereocenters. The molecule has 44 heavy (non-hydrogen) atoms. The summed E-state index contributed by atoms with van der Waals surface area (Å²) in [5.41, 5.74) is 3.65. The molecule has 3 aliphatic rings. The van der Waals surface area contributed by atoms with Crippen molar-refractivity contribution in [2.24, 2.45) is 48.2 Å². The highest BCUT2D eigenvalue weighted by Crippen LogP contribution is 2.31. The number of halogens is 1. The first-order valence-corrected chi connectivity index (χ1v) is 14.2. The lowest BCUT2D eigenvalue weighted by molar-refractivity contribution is -0.113. The van der Waals surface area contributed by atoms with Crippen LogP contribution in [0.25, 0.3) is 10.9 Å². The van der Waals surface area contributed by atoms with E-state index < -0.39 is 17.6 Å². The van der Waals surface area contributed by atoms with Crippen molar-refractivity contribution in [3.63, 3.8) is 0 Å². The number of guanidine groups is 1. The number of amides is 3. The maximum Gasteiger partial charge on any atom is 0.317 e. The molecule has 3 amide bonds. The van der Waals surface area contributed by atoms with E-state index in [0.29, 0.717) is 45.4 Å². The van der Waals surface area contributed by atoms with Gasteiger partial charge in [-0.15, -0.1) is 10.2 Å². The molecule has 4 heterocycles. The number of carbonyl (C=O) groups excluding carboxylic acids is 2. The number of hydrogen-bond donors (Lipinski definition) is 7. The minimum Gasteiger partial charge on any atom is -0.339 e. The van der Waals surface area contributed by atoms with Gasteiger partial charge in [0.15, 0.2) is 22.9 Å². The molecule has 0 aliphatic carbocycles. The van der Waals surface area contributed by atoms with E-state index >= 15 is 0 Å². The van der Waals surface area contributed by atoms with Crippen LogP contribution in [0.15, 0.2) is 60.0 Å². The zero-order valence-corrected chi connectivity index (χ0v) is 25.0. The van der Waals surface area contributed by atoms with Gasteiger partial charge in [0, 0.05) is 31.2 Å². The van der Waals surface area contributed by atoms with E-state index in [9.17, 15) is 9.59 Å². The topological polar surface area (TPSA) is 260 Å². The minimum absolute atomic E-state index is 0.00939. The number of nitrogens with one attached hydrogen (secondary N) is 3. The fraction of sp³-hybridized carbons (Fsp3) is 0.440. The molecule has 234 valence electrons. The Morgan fingerprint density at radius 2 is 1.93 bits per heavy atom. The second kappa shape index (κ2) is 12.3. The van der Waals surface area contributed by atoms with Crippen LogP contribution in [-0.4, -0.2) is 76.1 Å². The number of likely N-dealkylation sites (tertiary alicyclic amines) is 1. The van der Waals surface area contributed by atoms with Crippen molar-refractivity contribution in [3.05, 3.63) is 46.0 Å². The number of nitrogens with zero attached hydrogens (tertiary/aromatic N) is 9. The maximum absolute atomic E-state index is 13.1. The highest BCUT2D eigenvalue weighted by atomic mass is 35.5. The summed E-state index contributed by atoms with van der Waals surface area (Å²) < 4.78 is 1.64. The first-order valence-electron chi connectivity index (χ1n) is 13.8. The van der Waals surface area contributed by atoms with Crippen LogP contribution < -0.4 is 39.3 Å². The number of aliphatic imine (C=N–C) groups is 2. The van der Waals surface area contributed by atoms with Gasteiger partial charge in [0.1, 0.15) is 0 Å². The first-order chi connectivity index (χ1) is 21.0. The second-order valence-electron chi connectivity index (χ2n) is 10.9. The lowest BCUT2D eigenvalue weighted by Crippen LogP contribution is -2.53. The van der Waals surface area contributed by atoms with Crippen LogP contribution in [0.1, 0.15) is 29.5 Å². The molecule has 1 fully saturated rings. The molecule has 1 aromatic heterocycles. The lowest BCUT2D eigenvalue weighted by Gasteiger charge is -2.37. The number of piperidine rings is 1. The van der Waals surface area contributed by atoms with Crippen molar-refractivity contribution in [2.75, 3.05) is 32.0 Å². The smallest absolute Gasteiger partial charge is 0.317 e. The number of fused-ring (bicyclic) bond motifs is 1. The van der Waals surface area contributed by atoms with Crippen LogP contribution in [0.5, 0.6) is 0 Å². The number of urea groups is 1. The van der Waals surface area contributed by atoms with E-state index in [4.69, 9.17) is 40.0 Å². The van der Waals surface area contributed by atoms with E-state index in [1.807, 2.05) is 13.1 Å². The third kappa shape index (κ3) is 6.06. The number of hydrogen-bond acceptors (Lipinski definition) is 12. The Morgan fingerprint density at radius 1 is 1.18 bits per heavy atom. The molecule has 1 aromatic carbocycles. The van der Waals surface area contributed by atoms with Gasteiger partial charge in [-0.25, -0.2) is 20.6 Å². The third-order valence-corrected chi connectivity index (χ3v) is 8.09. The molecule has 18 nitrogen and oxygen atoms in total. The van der Waals surface area contributed by atoms with Crippen molar-refractivity contribution in [3.8, 4) is 0 Å². The van der Waals surface area contributed by atoms with Gasteiger partial charge in [-0.2, -0.15) is 0 Å². The largest absolute Gasteiger partial charge is 0.339 e. The first kappa shape index (κ1) is 30.5. The van der Waals surface area contributed by atoms with Gasteiger partial charge in [-0.1, -0.05) is 28.1 Å². The Balaban J connectivity index is 1.17. The Kier molecular flexibility index (Phi) is 8.54. The zero-order chi connectivity index (χ0) is 31.6. The lowest BCUT2D eigenvalue weighted by atomic mass is 9.89. The summed E-state index contributed by atoms with van der Waals surface area (Å²) >= 11 is 6.09. The number of nitrogen functional groups attached to an aromatic ring is 1. The zero-order valence-electron chi connectivity index (χ0n) is 24.3. The van der Waals surface area contributed by atoms with Crippen LogP contribution >= 0.6 is 11.6 Å². The molecule has 3 aliphatic heterocycles. The predicted octanol–water partition coefficient (Wildman–Crippen LogP) is 0.108. The van der Waals surface area contributed by atoms with Gasteiger partial charge in [0.2, 0.25) is 5.96 Å². The minimum atomic E-state index is -1.10. The highest BCUT2D eigenvalue weighted by Gasteiger charge is 2.43. The van der Waals surface area contributed by atoms with Gasteiger partial charge >= 0.3 is 6.03 Å². The molecule has 0 radical (unpaired) electrons. The maximum atomic E-state index is 13.1. The van der Waals surface area contributed by atoms with Gasteiger partial charge < -0.3 is 33.1 Å². The van der Waals surface area contributed by atoms with Crippen LogP contribution in [-0.2, 0) is 11.2 Å². The standard InChI is InChI=1S/C25H35ClN16O2/c1-13-9-14(2)17-15(11-41(29)16(17)10-13)3-6-31-24(44)40-7-4-25(5-8-40)12-42(30)23(35-25)34-22(43)18-20(36-38-27)33-21(37-39-28)19(26)32-18/h9-11,20,33H,3-8,12,29-30H2,1-2H3,(H2,27,36)(H2,28,37)(H,31,44)(H,34,35,43). The molecule has 11 N–H and O–H groups in total. The molecular formula is C25H35ClN16O2. The predicted molar refractivity (Wildman–Crippen MR) is 164 cm³/mol. The van der Waals surface area contributed by atoms with Crippen molar-refractivity contribution < 1.29 is 9.59 Å². The van der Waals surface area contributed by atoms with Crippen molar-refractivity contribution in [2.45, 2.75) is 44.8 Å². The summed E-state index contributed by atoms with van der Waals surface area (Å²) in [6.07, 6.45) is 2.57. The molecule has 19 heteroatoms. The normalized spacial score (nSPS) is 20.0. The van der Waals surface area contributed by atoms with Gasteiger partial charge in [-0.3, -0.25) is 19.8 Å². The van der Waals surface area contributed by atoms with Crippen LogP contribution in [0, 0.1) is 13.8 Å². The van der Waals surface area contributed by atoms with Crippen molar-refractivity contribution in [1.29, 1.82) is 0 Å². The van der Waals surface area contributed by atoms with Crippen LogP contribution in [0.2, 0.25) is 0 Å². The summed E-state index contributed by atoms with van der Waals surface area (Å²) in [4.78, 5) is 36.6. The SMILES string of the molecule is Cc1cc(C)c2c(CCNC(=O)N3CCC4(CC3)CN(N)C(NC(=O)C3=NC(Cl)=C(N=NN)NC3N=NN)=N4)cn(N)c2c1. The molecular weight excluding hydrogens is 592 g/mol. The van der Waals surface area contributed by atoms with Crippen LogP contribution in [0.4, 0.5) is 4.79 Å². The molecule has 0 saturated carbocycles. The number of benzene rings is 1. The summed E-state index contributed by atoms with van der Waals surface area (Å²) in [6.45, 7) is 5.88. The molecule has 1 unspecified atom stereocenters. The van der Waals surface area contributed by atoms with Crippen molar-refractivity contribution >= 4 is 46.1 Å². The van der Waals surface area contributed by atoms with Gasteiger partial charge in [0.05, 0.1) is 17.6 Å². The van der Waals surface area contributed by atoms with Crippen LogP contribution in [0.3, 0.4) is 0 Å². The summed E-state index contributed by atoms with van der Waals surface area (Å²) in [7, 11) is 0. The summed E-state index contributed by atoms with van der Waals surface area (Å²) in [6, 6.07) is 4.04. The molecule has 1 saturated heterocycles. The number of nitrogens with two attached hydrogens (primary N) is 4.